The fourth-order valence-electron chi connectivity index (χ4n) is 1.72. The zero-order valence-electron chi connectivity index (χ0n) is 12.0. The van der Waals surface area contributed by atoms with E-state index in [-0.39, 0.29) is 24.0 Å². The van der Waals surface area contributed by atoms with Gasteiger partial charge in [0.25, 0.3) is 0 Å². The molecule has 0 atom stereocenters. The molecule has 0 bridgehead atoms. The topological polar surface area (TPSA) is 36.4 Å². The maximum Gasteiger partial charge on any atom is 0.191 e. The van der Waals surface area contributed by atoms with Crippen molar-refractivity contribution in [3.05, 3.63) is 30.3 Å². The number of halogens is 1. The van der Waals surface area contributed by atoms with E-state index in [1.807, 2.05) is 11.8 Å². The molecule has 0 unspecified atom stereocenters. The average molecular weight is 405 g/mol. The van der Waals surface area contributed by atoms with Gasteiger partial charge in [0.1, 0.15) is 0 Å². The fourth-order valence-corrected chi connectivity index (χ4v) is 2.51. The molecule has 1 aliphatic rings. The number of nitrogens with zero attached hydrogens (tertiary/aromatic N) is 1. The van der Waals surface area contributed by atoms with E-state index in [0.29, 0.717) is 0 Å². The molecule has 0 aromatic heterocycles. The molecule has 2 N–H and O–H groups in total. The van der Waals surface area contributed by atoms with E-state index in [4.69, 9.17) is 0 Å². The summed E-state index contributed by atoms with van der Waals surface area (Å²) in [5.74, 6) is 2.86. The van der Waals surface area contributed by atoms with Crippen LogP contribution in [0.5, 0.6) is 0 Å². The van der Waals surface area contributed by atoms with Crippen molar-refractivity contribution in [3.63, 3.8) is 0 Å². The Morgan fingerprint density at radius 3 is 2.65 bits per heavy atom. The average Bonchev–Trinajstić information content (AvgIpc) is 3.26. The molecule has 0 saturated heterocycles. The molecule has 0 amide bonds. The van der Waals surface area contributed by atoms with Gasteiger partial charge in [0.2, 0.25) is 0 Å². The minimum Gasteiger partial charge on any atom is -0.357 e. The highest BCUT2D eigenvalue weighted by atomic mass is 127. The maximum absolute atomic E-state index is 4.61. The molecule has 1 aliphatic carbocycles. The van der Waals surface area contributed by atoms with Gasteiger partial charge in [-0.3, -0.25) is 4.99 Å². The Morgan fingerprint density at radius 2 is 2.00 bits per heavy atom. The lowest BCUT2D eigenvalue weighted by atomic mass is 10.4. The summed E-state index contributed by atoms with van der Waals surface area (Å²) in [6, 6.07) is 10.5. The number of benzene rings is 1. The van der Waals surface area contributed by atoms with E-state index in [1.165, 1.54) is 17.7 Å². The SMILES string of the molecule is CCNC(=NCC1CC1)NCCSc1ccccc1.I. The van der Waals surface area contributed by atoms with Crippen LogP contribution in [-0.4, -0.2) is 31.3 Å². The summed E-state index contributed by atoms with van der Waals surface area (Å²) in [6.45, 7) is 4.94. The fraction of sp³-hybridized carbons (Fsp3) is 0.533. The summed E-state index contributed by atoms with van der Waals surface area (Å²) in [7, 11) is 0. The third-order valence-electron chi connectivity index (χ3n) is 2.96. The van der Waals surface area contributed by atoms with Gasteiger partial charge in [-0.05, 0) is 37.8 Å². The van der Waals surface area contributed by atoms with E-state index in [0.717, 1.165) is 37.3 Å². The Kier molecular flexibility index (Phi) is 9.09. The third kappa shape index (κ3) is 7.38. The van der Waals surface area contributed by atoms with E-state index in [9.17, 15) is 0 Å². The first-order valence-corrected chi connectivity index (χ1v) is 8.07. The highest BCUT2D eigenvalue weighted by molar-refractivity contribution is 14.0. The van der Waals surface area contributed by atoms with Crippen LogP contribution in [0.25, 0.3) is 0 Å². The predicted octanol–water partition coefficient (Wildman–Crippen LogP) is 3.36. The lowest BCUT2D eigenvalue weighted by Gasteiger charge is -2.10. The molecular weight excluding hydrogens is 381 g/mol. The number of thioether (sulfide) groups is 1. The summed E-state index contributed by atoms with van der Waals surface area (Å²) in [5, 5.41) is 6.69. The Hall–Kier alpha value is -0.430. The second-order valence-electron chi connectivity index (χ2n) is 4.75. The number of nitrogens with one attached hydrogen (secondary N) is 2. The van der Waals surface area contributed by atoms with Gasteiger partial charge in [-0.2, -0.15) is 0 Å². The molecular formula is C15H24IN3S. The second kappa shape index (κ2) is 10.3. The minimum absolute atomic E-state index is 0. The predicted molar refractivity (Wildman–Crippen MR) is 99.3 cm³/mol. The molecule has 1 fully saturated rings. The van der Waals surface area contributed by atoms with E-state index in [2.05, 4.69) is 52.9 Å². The van der Waals surface area contributed by atoms with Crippen LogP contribution in [0.4, 0.5) is 0 Å². The van der Waals surface area contributed by atoms with Gasteiger partial charge in [-0.25, -0.2) is 0 Å². The summed E-state index contributed by atoms with van der Waals surface area (Å²) >= 11 is 1.87. The normalized spacial score (nSPS) is 14.6. The van der Waals surface area contributed by atoms with Crippen LogP contribution in [-0.2, 0) is 0 Å². The van der Waals surface area contributed by atoms with Gasteiger partial charge >= 0.3 is 0 Å². The van der Waals surface area contributed by atoms with Crippen molar-refractivity contribution in [2.45, 2.75) is 24.7 Å². The number of guanidine groups is 1. The van der Waals surface area contributed by atoms with Crippen LogP contribution in [0, 0.1) is 5.92 Å². The van der Waals surface area contributed by atoms with E-state index in [1.54, 1.807) is 0 Å². The molecule has 0 aliphatic heterocycles. The van der Waals surface area contributed by atoms with Crippen molar-refractivity contribution in [3.8, 4) is 0 Å². The van der Waals surface area contributed by atoms with Crippen molar-refractivity contribution in [1.82, 2.24) is 10.6 Å². The van der Waals surface area contributed by atoms with Crippen LogP contribution >= 0.6 is 35.7 Å². The zero-order valence-corrected chi connectivity index (χ0v) is 15.1. The molecule has 1 saturated carbocycles. The van der Waals surface area contributed by atoms with Crippen molar-refractivity contribution < 1.29 is 0 Å². The van der Waals surface area contributed by atoms with E-state index < -0.39 is 0 Å². The number of aliphatic imine (C=N–C) groups is 1. The number of hydrogen-bond acceptors (Lipinski definition) is 2. The van der Waals surface area contributed by atoms with Crippen LogP contribution in [0.15, 0.2) is 40.2 Å². The smallest absolute Gasteiger partial charge is 0.191 e. The summed E-state index contributed by atoms with van der Waals surface area (Å²) < 4.78 is 0. The Balaban J connectivity index is 0.00000200. The van der Waals surface area contributed by atoms with Gasteiger partial charge in [0.15, 0.2) is 5.96 Å². The Labute approximate surface area is 143 Å². The van der Waals surface area contributed by atoms with Crippen LogP contribution in [0.3, 0.4) is 0 Å². The number of hydrogen-bond donors (Lipinski definition) is 2. The van der Waals surface area contributed by atoms with Crippen molar-refractivity contribution in [2.24, 2.45) is 10.9 Å². The highest BCUT2D eigenvalue weighted by Crippen LogP contribution is 2.28. The molecule has 5 heteroatoms. The largest absolute Gasteiger partial charge is 0.357 e. The van der Waals surface area contributed by atoms with Gasteiger partial charge in [0.05, 0.1) is 0 Å². The van der Waals surface area contributed by atoms with Crippen molar-refractivity contribution >= 4 is 41.7 Å². The van der Waals surface area contributed by atoms with Crippen LogP contribution in [0.1, 0.15) is 19.8 Å². The first kappa shape index (κ1) is 17.6. The molecule has 20 heavy (non-hydrogen) atoms. The summed E-state index contributed by atoms with van der Waals surface area (Å²) in [4.78, 5) is 5.93. The van der Waals surface area contributed by atoms with E-state index >= 15 is 0 Å². The van der Waals surface area contributed by atoms with Crippen molar-refractivity contribution in [2.75, 3.05) is 25.4 Å². The molecule has 0 radical (unpaired) electrons. The number of rotatable bonds is 7. The Morgan fingerprint density at radius 1 is 1.25 bits per heavy atom. The molecule has 112 valence electrons. The molecule has 0 heterocycles. The molecule has 3 nitrogen and oxygen atoms in total. The quantitative estimate of drug-likeness (QED) is 0.240. The molecule has 0 spiro atoms. The van der Waals surface area contributed by atoms with Gasteiger partial charge < -0.3 is 10.6 Å². The maximum atomic E-state index is 4.61. The third-order valence-corrected chi connectivity index (χ3v) is 3.97. The van der Waals surface area contributed by atoms with Crippen LogP contribution in [0.2, 0.25) is 0 Å². The van der Waals surface area contributed by atoms with Crippen molar-refractivity contribution in [1.29, 1.82) is 0 Å². The molecule has 2 rings (SSSR count). The van der Waals surface area contributed by atoms with Gasteiger partial charge in [0, 0.05) is 30.3 Å². The molecule has 1 aromatic carbocycles. The second-order valence-corrected chi connectivity index (χ2v) is 5.92. The highest BCUT2D eigenvalue weighted by Gasteiger charge is 2.20. The molecule has 1 aromatic rings. The monoisotopic (exact) mass is 405 g/mol. The summed E-state index contributed by atoms with van der Waals surface area (Å²) in [5.41, 5.74) is 0. The standard InChI is InChI=1S/C15H23N3S.HI/c1-2-16-15(18-12-13-8-9-13)17-10-11-19-14-6-4-3-5-7-14;/h3-7,13H,2,8-12H2,1H3,(H2,16,17,18);1H. The summed E-state index contributed by atoms with van der Waals surface area (Å²) in [6.07, 6.45) is 2.71. The lowest BCUT2D eigenvalue weighted by Crippen LogP contribution is -2.38. The minimum atomic E-state index is 0. The zero-order chi connectivity index (χ0) is 13.3. The lowest BCUT2D eigenvalue weighted by molar-refractivity contribution is 0.799. The first-order chi connectivity index (χ1) is 9.38. The van der Waals surface area contributed by atoms with Gasteiger partial charge in [-0.15, -0.1) is 35.7 Å². The van der Waals surface area contributed by atoms with Crippen LogP contribution < -0.4 is 10.6 Å². The first-order valence-electron chi connectivity index (χ1n) is 7.08. The Bertz CT molecular complexity index is 393. The van der Waals surface area contributed by atoms with Gasteiger partial charge in [-0.1, -0.05) is 18.2 Å².